The van der Waals surface area contributed by atoms with Gasteiger partial charge in [0.05, 0.1) is 5.69 Å². The van der Waals surface area contributed by atoms with E-state index < -0.39 is 17.9 Å². The standard InChI is InChI=1S/C22H20F3N9O2/c23-22(24,25)21-29-28-17-5-6-18(31-34(17)21)32-10-7-13(8-11-32)20(36)27-14-1-3-15(4-2-14)33-12-9-16(30-33)19(26)35/h1-6,9,12-13H,7-8,10-11H2,(H2,26,35)(H,27,36). The zero-order valence-electron chi connectivity index (χ0n) is 18.7. The van der Waals surface area contributed by atoms with Crippen molar-refractivity contribution in [1.82, 2.24) is 29.6 Å². The van der Waals surface area contributed by atoms with Gasteiger partial charge in [0.2, 0.25) is 5.91 Å². The molecule has 0 unspecified atom stereocenters. The highest BCUT2D eigenvalue weighted by atomic mass is 19.4. The summed E-state index contributed by atoms with van der Waals surface area (Å²) >= 11 is 0. The molecule has 11 nitrogen and oxygen atoms in total. The van der Waals surface area contributed by atoms with Crippen molar-refractivity contribution in [2.24, 2.45) is 11.7 Å². The average molecular weight is 499 g/mol. The van der Waals surface area contributed by atoms with Crippen LogP contribution >= 0.6 is 0 Å². The predicted octanol–water partition coefficient (Wildman–Crippen LogP) is 2.28. The number of hydrogen-bond acceptors (Lipinski definition) is 7. The summed E-state index contributed by atoms with van der Waals surface area (Å²) < 4.78 is 41.6. The third-order valence-electron chi connectivity index (χ3n) is 5.93. The number of benzene rings is 1. The minimum atomic E-state index is -4.67. The van der Waals surface area contributed by atoms with Crippen molar-refractivity contribution in [2.75, 3.05) is 23.3 Å². The number of aromatic nitrogens is 6. The summed E-state index contributed by atoms with van der Waals surface area (Å²) in [6.07, 6.45) is -2.03. The number of rotatable bonds is 5. The first-order valence-electron chi connectivity index (χ1n) is 11.0. The van der Waals surface area contributed by atoms with Gasteiger partial charge >= 0.3 is 6.18 Å². The number of anilines is 2. The molecule has 14 heteroatoms. The summed E-state index contributed by atoms with van der Waals surface area (Å²) in [4.78, 5) is 25.8. The van der Waals surface area contributed by atoms with E-state index in [1.54, 1.807) is 36.5 Å². The number of nitrogens with zero attached hydrogens (tertiary/aromatic N) is 7. The highest BCUT2D eigenvalue weighted by molar-refractivity contribution is 5.93. The molecule has 4 heterocycles. The lowest BCUT2D eigenvalue weighted by molar-refractivity contribution is -0.146. The molecule has 3 N–H and O–H groups in total. The summed E-state index contributed by atoms with van der Waals surface area (Å²) in [5.41, 5.74) is 6.67. The molecule has 1 saturated heterocycles. The van der Waals surface area contributed by atoms with Crippen LogP contribution in [0.4, 0.5) is 24.7 Å². The molecule has 186 valence electrons. The second-order valence-electron chi connectivity index (χ2n) is 8.29. The molecule has 0 bridgehead atoms. The van der Waals surface area contributed by atoms with E-state index in [4.69, 9.17) is 5.73 Å². The molecule has 1 aliphatic heterocycles. The molecule has 0 radical (unpaired) electrons. The first kappa shape index (κ1) is 23.3. The molecular weight excluding hydrogens is 479 g/mol. The van der Waals surface area contributed by atoms with E-state index in [0.29, 0.717) is 47.6 Å². The van der Waals surface area contributed by atoms with Gasteiger partial charge in [0.15, 0.2) is 5.65 Å². The van der Waals surface area contributed by atoms with E-state index >= 15 is 0 Å². The number of halogens is 3. The van der Waals surface area contributed by atoms with Gasteiger partial charge in [0.25, 0.3) is 11.7 Å². The Morgan fingerprint density at radius 3 is 2.33 bits per heavy atom. The fourth-order valence-electron chi connectivity index (χ4n) is 4.04. The van der Waals surface area contributed by atoms with Gasteiger partial charge in [-0.2, -0.15) is 22.8 Å². The highest BCUT2D eigenvalue weighted by Crippen LogP contribution is 2.29. The largest absolute Gasteiger partial charge is 0.453 e. The number of carbonyl (C=O) groups excluding carboxylic acids is 2. The van der Waals surface area contributed by atoms with Crippen molar-refractivity contribution in [2.45, 2.75) is 19.0 Å². The van der Waals surface area contributed by atoms with Crippen LogP contribution in [0.25, 0.3) is 11.3 Å². The number of alkyl halides is 3. The molecule has 5 rings (SSSR count). The molecule has 0 saturated carbocycles. The van der Waals surface area contributed by atoms with Crippen LogP contribution in [0.2, 0.25) is 0 Å². The number of piperidine rings is 1. The Kier molecular flexibility index (Phi) is 5.78. The topological polar surface area (TPSA) is 136 Å². The Bertz CT molecular complexity index is 1420. The smallest absolute Gasteiger partial charge is 0.364 e. The Hall–Kier alpha value is -4.49. The van der Waals surface area contributed by atoms with E-state index in [1.165, 1.54) is 16.8 Å². The summed E-state index contributed by atoms with van der Waals surface area (Å²) in [5, 5.41) is 17.8. The molecule has 4 aromatic rings. The third kappa shape index (κ3) is 4.56. The maximum absolute atomic E-state index is 13.1. The maximum Gasteiger partial charge on any atom is 0.453 e. The molecule has 1 aromatic carbocycles. The number of nitrogens with two attached hydrogens (primary N) is 1. The summed E-state index contributed by atoms with van der Waals surface area (Å²) in [7, 11) is 0. The number of fused-ring (bicyclic) bond motifs is 1. The summed E-state index contributed by atoms with van der Waals surface area (Å²) in [6.45, 7) is 0.918. The Labute approximate surface area is 201 Å². The van der Waals surface area contributed by atoms with E-state index in [9.17, 15) is 22.8 Å². The number of amides is 2. The van der Waals surface area contributed by atoms with Crippen LogP contribution in [0.3, 0.4) is 0 Å². The monoisotopic (exact) mass is 499 g/mol. The number of primary amides is 1. The second kappa shape index (κ2) is 8.94. The maximum atomic E-state index is 13.1. The SMILES string of the molecule is NC(=O)c1ccn(-c2ccc(NC(=O)C3CCN(c4ccc5nnc(C(F)(F)F)n5n4)CC3)cc2)n1. The molecular formula is C22H20F3N9O2. The minimum absolute atomic E-state index is 0.00669. The van der Waals surface area contributed by atoms with Crippen LogP contribution in [0.15, 0.2) is 48.7 Å². The Morgan fingerprint density at radius 2 is 1.69 bits per heavy atom. The van der Waals surface area contributed by atoms with Crippen LogP contribution in [0.5, 0.6) is 0 Å². The average Bonchev–Trinajstić information content (AvgIpc) is 3.52. The molecule has 1 aliphatic rings. The van der Waals surface area contributed by atoms with Crippen LogP contribution in [0.1, 0.15) is 29.2 Å². The van der Waals surface area contributed by atoms with Gasteiger partial charge in [-0.25, -0.2) is 4.68 Å². The minimum Gasteiger partial charge on any atom is -0.364 e. The molecule has 0 spiro atoms. The lowest BCUT2D eigenvalue weighted by atomic mass is 9.96. The second-order valence-corrected chi connectivity index (χ2v) is 8.29. The molecule has 0 atom stereocenters. The highest BCUT2D eigenvalue weighted by Gasteiger charge is 2.38. The lowest BCUT2D eigenvalue weighted by Crippen LogP contribution is -2.38. The number of nitrogens with one attached hydrogen (secondary N) is 1. The number of hydrogen-bond donors (Lipinski definition) is 2. The fourth-order valence-corrected chi connectivity index (χ4v) is 4.04. The Morgan fingerprint density at radius 1 is 0.972 bits per heavy atom. The van der Waals surface area contributed by atoms with Crippen molar-refractivity contribution in [1.29, 1.82) is 0 Å². The molecule has 0 aliphatic carbocycles. The fraction of sp³-hybridized carbons (Fsp3) is 0.273. The van der Waals surface area contributed by atoms with E-state index in [2.05, 4.69) is 25.7 Å². The first-order chi connectivity index (χ1) is 17.2. The zero-order valence-corrected chi connectivity index (χ0v) is 18.7. The van der Waals surface area contributed by atoms with Gasteiger partial charge < -0.3 is 16.0 Å². The summed E-state index contributed by atoms with van der Waals surface area (Å²) in [6, 6.07) is 11.5. The van der Waals surface area contributed by atoms with Crippen molar-refractivity contribution in [3.8, 4) is 5.69 Å². The molecule has 2 amide bonds. The molecule has 1 fully saturated rings. The van der Waals surface area contributed by atoms with Crippen LogP contribution in [-0.2, 0) is 11.0 Å². The Balaban J connectivity index is 1.20. The van der Waals surface area contributed by atoms with Gasteiger partial charge in [-0.3, -0.25) is 9.59 Å². The predicted molar refractivity (Wildman–Crippen MR) is 121 cm³/mol. The van der Waals surface area contributed by atoms with Gasteiger partial charge in [-0.05, 0) is 55.3 Å². The zero-order chi connectivity index (χ0) is 25.4. The van der Waals surface area contributed by atoms with Crippen LogP contribution in [-0.4, -0.2) is 54.5 Å². The quantitative estimate of drug-likeness (QED) is 0.430. The van der Waals surface area contributed by atoms with Crippen molar-refractivity contribution < 1.29 is 22.8 Å². The van der Waals surface area contributed by atoms with Gasteiger partial charge in [0.1, 0.15) is 11.5 Å². The van der Waals surface area contributed by atoms with E-state index in [0.717, 1.165) is 0 Å². The van der Waals surface area contributed by atoms with Crippen molar-refractivity contribution >= 4 is 29.0 Å². The summed E-state index contributed by atoms with van der Waals surface area (Å²) in [5.74, 6) is -1.83. The number of carbonyl (C=O) groups is 2. The van der Waals surface area contributed by atoms with Crippen LogP contribution < -0.4 is 16.0 Å². The van der Waals surface area contributed by atoms with Gasteiger partial charge in [-0.15, -0.1) is 15.3 Å². The molecule has 36 heavy (non-hydrogen) atoms. The van der Waals surface area contributed by atoms with Gasteiger partial charge in [0, 0.05) is 30.9 Å². The van der Waals surface area contributed by atoms with Crippen LogP contribution in [0, 0.1) is 5.92 Å². The lowest BCUT2D eigenvalue weighted by Gasteiger charge is -2.32. The van der Waals surface area contributed by atoms with Crippen molar-refractivity contribution in [3.05, 3.63) is 60.2 Å². The van der Waals surface area contributed by atoms with E-state index in [-0.39, 0.29) is 23.2 Å². The van der Waals surface area contributed by atoms with Crippen molar-refractivity contribution in [3.63, 3.8) is 0 Å². The normalized spacial score (nSPS) is 14.8. The first-order valence-corrected chi connectivity index (χ1v) is 11.0. The third-order valence-corrected chi connectivity index (χ3v) is 5.93. The van der Waals surface area contributed by atoms with E-state index in [1.807, 2.05) is 4.90 Å². The van der Waals surface area contributed by atoms with Gasteiger partial charge in [-0.1, -0.05) is 0 Å². The molecule has 3 aromatic heterocycles.